The van der Waals surface area contributed by atoms with E-state index in [2.05, 4.69) is 15.3 Å². The van der Waals surface area contributed by atoms with Gasteiger partial charge in [-0.25, -0.2) is 4.98 Å². The summed E-state index contributed by atoms with van der Waals surface area (Å²) in [5.41, 5.74) is 1.80. The lowest BCUT2D eigenvalue weighted by Gasteiger charge is -2.34. The summed E-state index contributed by atoms with van der Waals surface area (Å²) in [4.78, 5) is 33.1. The van der Waals surface area contributed by atoms with Crippen LogP contribution in [0.25, 0.3) is 10.9 Å². The smallest absolute Gasteiger partial charge is 0.258 e. The van der Waals surface area contributed by atoms with Crippen LogP contribution in [0.5, 0.6) is 0 Å². The van der Waals surface area contributed by atoms with Crippen molar-refractivity contribution in [3.05, 3.63) is 69.7 Å². The molecule has 1 atom stereocenters. The maximum Gasteiger partial charge on any atom is 0.258 e. The van der Waals surface area contributed by atoms with Crippen molar-refractivity contribution >= 4 is 34.1 Å². The molecule has 4 rings (SSSR count). The number of hydrogen-bond donors (Lipinski definition) is 3. The third kappa shape index (κ3) is 4.11. The predicted molar refractivity (Wildman–Crippen MR) is 112 cm³/mol. The third-order valence-corrected chi connectivity index (χ3v) is 5.51. The van der Waals surface area contributed by atoms with Gasteiger partial charge < -0.3 is 20.3 Å². The van der Waals surface area contributed by atoms with Crippen LogP contribution in [0.2, 0.25) is 5.02 Å². The molecule has 1 amide bonds. The quantitative estimate of drug-likeness (QED) is 0.612. The first-order valence-corrected chi connectivity index (χ1v) is 9.86. The van der Waals surface area contributed by atoms with Gasteiger partial charge in [0.2, 0.25) is 0 Å². The number of amides is 1. The minimum atomic E-state index is -1.19. The molecule has 2 aromatic carbocycles. The molecule has 150 valence electrons. The van der Waals surface area contributed by atoms with Gasteiger partial charge in [0.25, 0.3) is 11.5 Å². The van der Waals surface area contributed by atoms with Gasteiger partial charge in [-0.2, -0.15) is 0 Å². The fourth-order valence-corrected chi connectivity index (χ4v) is 3.77. The number of aromatic nitrogens is 2. The number of aliphatic hydroxyl groups is 1. The van der Waals surface area contributed by atoms with Crippen LogP contribution in [0.1, 0.15) is 24.5 Å². The summed E-state index contributed by atoms with van der Waals surface area (Å²) < 4.78 is 0. The average molecular weight is 413 g/mol. The Morgan fingerprint density at radius 1 is 1.21 bits per heavy atom. The van der Waals surface area contributed by atoms with Crippen LogP contribution in [0.3, 0.4) is 0 Å². The molecule has 1 aliphatic rings. The second-order valence-corrected chi connectivity index (χ2v) is 7.57. The molecule has 1 aliphatic heterocycles. The first-order chi connectivity index (χ1) is 14.0. The van der Waals surface area contributed by atoms with Gasteiger partial charge in [-0.3, -0.25) is 9.59 Å². The third-order valence-electron chi connectivity index (χ3n) is 5.26. The Morgan fingerprint density at radius 2 is 1.93 bits per heavy atom. The molecule has 8 heteroatoms. The van der Waals surface area contributed by atoms with Gasteiger partial charge in [-0.1, -0.05) is 29.8 Å². The van der Waals surface area contributed by atoms with Gasteiger partial charge >= 0.3 is 0 Å². The number of carbonyl (C=O) groups excluding carboxylic acids is 1. The molecule has 7 nitrogen and oxygen atoms in total. The average Bonchev–Trinajstić information content (AvgIpc) is 2.75. The maximum atomic E-state index is 12.6. The highest BCUT2D eigenvalue weighted by molar-refractivity contribution is 6.30. The van der Waals surface area contributed by atoms with Crippen LogP contribution in [0.4, 0.5) is 5.69 Å². The Morgan fingerprint density at radius 3 is 2.66 bits per heavy atom. The molecule has 0 radical (unpaired) electrons. The van der Waals surface area contributed by atoms with E-state index < -0.39 is 6.10 Å². The predicted octanol–water partition coefficient (Wildman–Crippen LogP) is 2.71. The zero-order chi connectivity index (χ0) is 20.4. The first kappa shape index (κ1) is 19.4. The Hall–Kier alpha value is -2.90. The molecular weight excluding hydrogens is 392 g/mol. The number of hydrogen-bond acceptors (Lipinski definition) is 5. The zero-order valence-corrected chi connectivity index (χ0v) is 16.4. The second-order valence-electron chi connectivity index (χ2n) is 7.13. The minimum Gasteiger partial charge on any atom is -0.380 e. The first-order valence-electron chi connectivity index (χ1n) is 9.48. The van der Waals surface area contributed by atoms with Crippen molar-refractivity contribution in [1.29, 1.82) is 0 Å². The number of likely N-dealkylation sites (tertiary alicyclic amines) is 1. The summed E-state index contributed by atoms with van der Waals surface area (Å²) in [7, 11) is 0. The normalized spacial score (nSPS) is 16.0. The largest absolute Gasteiger partial charge is 0.380 e. The summed E-state index contributed by atoms with van der Waals surface area (Å²) in [5.74, 6) is -0.302. The summed E-state index contributed by atoms with van der Waals surface area (Å²) in [6.45, 7) is 1.08. The standard InChI is InChI=1S/C21H21ClN4O3/c22-14-6-4-13(5-7-14)19(27)21(29)26-10-8-15(9-11-26)25-17-3-1-2-16-18(17)23-12-24-20(16)28/h1-7,12,15,19,25,27H,8-11H2,(H,23,24,28). The van der Waals surface area contributed by atoms with Crippen molar-refractivity contribution in [1.82, 2.24) is 14.9 Å². The number of halogens is 1. The highest BCUT2D eigenvalue weighted by Gasteiger charge is 2.28. The van der Waals surface area contributed by atoms with E-state index in [-0.39, 0.29) is 17.5 Å². The number of piperidine rings is 1. The fourth-order valence-electron chi connectivity index (χ4n) is 3.64. The zero-order valence-electron chi connectivity index (χ0n) is 15.6. The summed E-state index contributed by atoms with van der Waals surface area (Å²) in [6.07, 6.45) is 1.68. The summed E-state index contributed by atoms with van der Waals surface area (Å²) in [5, 5.41) is 14.9. The lowest BCUT2D eigenvalue weighted by molar-refractivity contribution is -0.141. The Balaban J connectivity index is 1.40. The van der Waals surface area contributed by atoms with Crippen LogP contribution in [-0.4, -0.2) is 45.0 Å². The van der Waals surface area contributed by atoms with E-state index in [1.165, 1.54) is 6.33 Å². The Kier molecular flexibility index (Phi) is 5.51. The van der Waals surface area contributed by atoms with Crippen molar-refractivity contribution in [3.63, 3.8) is 0 Å². The van der Waals surface area contributed by atoms with Crippen molar-refractivity contribution in [2.45, 2.75) is 25.0 Å². The second kappa shape index (κ2) is 8.23. The molecule has 3 N–H and O–H groups in total. The highest BCUT2D eigenvalue weighted by atomic mass is 35.5. The molecule has 29 heavy (non-hydrogen) atoms. The van der Waals surface area contributed by atoms with Crippen molar-refractivity contribution in [3.8, 4) is 0 Å². The van der Waals surface area contributed by atoms with Gasteiger partial charge in [0.1, 0.15) is 5.52 Å². The maximum absolute atomic E-state index is 12.6. The van der Waals surface area contributed by atoms with Crippen LogP contribution in [-0.2, 0) is 4.79 Å². The summed E-state index contributed by atoms with van der Waals surface area (Å²) in [6, 6.07) is 12.3. The molecule has 0 spiro atoms. The van der Waals surface area contributed by atoms with E-state index in [0.29, 0.717) is 34.6 Å². The van der Waals surface area contributed by atoms with Gasteiger partial charge in [0, 0.05) is 24.2 Å². The number of nitrogens with zero attached hydrogens (tertiary/aromatic N) is 2. The lowest BCUT2D eigenvalue weighted by Crippen LogP contribution is -2.44. The van der Waals surface area contributed by atoms with Crippen LogP contribution in [0, 0.1) is 0 Å². The number of H-pyrrole nitrogens is 1. The van der Waals surface area contributed by atoms with E-state index in [1.54, 1.807) is 35.2 Å². The number of para-hydroxylation sites is 1. The SMILES string of the molecule is O=C(C(O)c1ccc(Cl)cc1)N1CCC(Nc2cccc3c(=O)[nH]cnc23)CC1. The van der Waals surface area contributed by atoms with Gasteiger partial charge in [0.05, 0.1) is 17.4 Å². The molecule has 0 saturated carbocycles. The molecule has 0 bridgehead atoms. The fraction of sp³-hybridized carbons (Fsp3) is 0.286. The van der Waals surface area contributed by atoms with E-state index in [0.717, 1.165) is 18.5 Å². The van der Waals surface area contributed by atoms with Crippen LogP contribution in [0.15, 0.2) is 53.6 Å². The molecular formula is C21H21ClN4O3. The molecule has 1 aromatic heterocycles. The minimum absolute atomic E-state index is 0.151. The number of fused-ring (bicyclic) bond motifs is 1. The molecule has 1 unspecified atom stereocenters. The van der Waals surface area contributed by atoms with Crippen molar-refractivity contribution in [2.75, 3.05) is 18.4 Å². The van der Waals surface area contributed by atoms with Gasteiger partial charge in [-0.15, -0.1) is 0 Å². The molecule has 1 saturated heterocycles. The number of rotatable bonds is 4. The number of carbonyl (C=O) groups is 1. The van der Waals surface area contributed by atoms with Crippen molar-refractivity contribution < 1.29 is 9.90 Å². The van der Waals surface area contributed by atoms with Crippen LogP contribution < -0.4 is 10.9 Å². The lowest BCUT2D eigenvalue weighted by atomic mass is 10.0. The molecule has 3 aromatic rings. The molecule has 2 heterocycles. The van der Waals surface area contributed by atoms with Gasteiger partial charge in [0.15, 0.2) is 6.10 Å². The number of aliphatic hydroxyl groups excluding tert-OH is 1. The monoisotopic (exact) mass is 412 g/mol. The van der Waals surface area contributed by atoms with Crippen molar-refractivity contribution in [2.24, 2.45) is 0 Å². The topological polar surface area (TPSA) is 98.3 Å². The molecule has 1 fully saturated rings. The van der Waals surface area contributed by atoms with E-state index in [1.807, 2.05) is 12.1 Å². The van der Waals surface area contributed by atoms with E-state index in [4.69, 9.17) is 11.6 Å². The Bertz CT molecular complexity index is 1080. The molecule has 0 aliphatic carbocycles. The number of anilines is 1. The highest BCUT2D eigenvalue weighted by Crippen LogP contribution is 2.24. The number of benzene rings is 2. The van der Waals surface area contributed by atoms with Crippen LogP contribution >= 0.6 is 11.6 Å². The summed E-state index contributed by atoms with van der Waals surface area (Å²) >= 11 is 5.86. The van der Waals surface area contributed by atoms with E-state index in [9.17, 15) is 14.7 Å². The van der Waals surface area contributed by atoms with E-state index >= 15 is 0 Å². The van der Waals surface area contributed by atoms with Gasteiger partial charge in [-0.05, 0) is 42.7 Å². The number of nitrogens with one attached hydrogen (secondary N) is 2. The number of aromatic amines is 1. The Labute approximate surface area is 172 Å².